The summed E-state index contributed by atoms with van der Waals surface area (Å²) in [6.07, 6.45) is 1.57. The molecule has 0 saturated heterocycles. The highest BCUT2D eigenvalue weighted by molar-refractivity contribution is 7.85. The van der Waals surface area contributed by atoms with Gasteiger partial charge in [-0.1, -0.05) is 78.9 Å². The van der Waals surface area contributed by atoms with Crippen LogP contribution in [0.2, 0.25) is 0 Å². The summed E-state index contributed by atoms with van der Waals surface area (Å²) >= 11 is 0. The Morgan fingerprint density at radius 1 is 0.466 bits per heavy atom. The molecule has 58 heavy (non-hydrogen) atoms. The fraction of sp³-hybridized carbons (Fsp3) is 0.0444. The number of fused-ring (bicyclic) bond motifs is 3. The Bertz CT molecular complexity index is 2960. The van der Waals surface area contributed by atoms with E-state index in [1.54, 1.807) is 48.5 Å². The van der Waals surface area contributed by atoms with Crippen LogP contribution >= 0.6 is 14.3 Å². The Morgan fingerprint density at radius 2 is 0.897 bits per heavy atom. The maximum atomic E-state index is 15.2. The predicted molar refractivity (Wildman–Crippen MR) is 215 cm³/mol. The van der Waals surface area contributed by atoms with Crippen LogP contribution < -0.4 is 36.0 Å². The smallest absolute Gasteiger partial charge is 0.178 e. The summed E-state index contributed by atoms with van der Waals surface area (Å²) in [5, 5.41) is 1.25. The lowest BCUT2D eigenvalue weighted by Crippen LogP contribution is -2.31. The van der Waals surface area contributed by atoms with Crippen LogP contribution in [0.4, 0.5) is 17.6 Å². The predicted octanol–water partition coefficient (Wildman–Crippen LogP) is 9.60. The van der Waals surface area contributed by atoms with Crippen molar-refractivity contribution in [1.82, 2.24) is 15.0 Å². The van der Waals surface area contributed by atoms with Crippen LogP contribution in [0.1, 0.15) is 12.8 Å². The minimum atomic E-state index is -3.82. The summed E-state index contributed by atoms with van der Waals surface area (Å²) in [5.74, 6) is -0.251. The number of benzene rings is 6. The average molecular weight is 812 g/mol. The van der Waals surface area contributed by atoms with Gasteiger partial charge in [0.25, 0.3) is 0 Å². The molecule has 1 aliphatic carbocycles. The molecule has 0 bridgehead atoms. The first kappa shape index (κ1) is 36.0. The van der Waals surface area contributed by atoms with Gasteiger partial charge in [-0.05, 0) is 60.7 Å². The van der Waals surface area contributed by atoms with Gasteiger partial charge in [0.05, 0.1) is 21.2 Å². The molecule has 3 aliphatic rings. The molecule has 0 saturated carbocycles. The minimum absolute atomic E-state index is 0.110. The van der Waals surface area contributed by atoms with E-state index in [2.05, 4.69) is 0 Å². The maximum absolute atomic E-state index is 15.2. The molecule has 0 radical (unpaired) electrons. The Balaban J connectivity index is 1.07. The van der Waals surface area contributed by atoms with Gasteiger partial charge >= 0.3 is 0 Å². The molecule has 1 atom stereocenters. The normalized spacial score (nSPS) is 17.5. The van der Waals surface area contributed by atoms with Crippen LogP contribution in [-0.4, -0.2) is 15.0 Å². The van der Waals surface area contributed by atoms with Gasteiger partial charge in [-0.2, -0.15) is 0 Å². The largest absolute Gasteiger partial charge is 0.460 e. The third-order valence-electron chi connectivity index (χ3n) is 10.4. The zero-order chi connectivity index (χ0) is 39.8. The van der Waals surface area contributed by atoms with Crippen molar-refractivity contribution in [2.75, 3.05) is 0 Å². The molecular weight excluding hydrogens is 784 g/mol. The first-order valence-electron chi connectivity index (χ1n) is 18.2. The summed E-state index contributed by atoms with van der Waals surface area (Å²) in [6, 6.07) is 34.0. The lowest BCUT2D eigenvalue weighted by atomic mass is 10.1. The first-order valence-corrected chi connectivity index (χ1v) is 21.6. The van der Waals surface area contributed by atoms with Crippen LogP contribution in [-0.2, 0) is 9.13 Å². The molecule has 0 fully saturated rings. The molecule has 1 unspecified atom stereocenters. The quantitative estimate of drug-likeness (QED) is 0.126. The highest BCUT2D eigenvalue weighted by Crippen LogP contribution is 2.60. The third-order valence-corrected chi connectivity index (χ3v) is 16.6. The van der Waals surface area contributed by atoms with Gasteiger partial charge in [-0.25, -0.2) is 32.5 Å². The second-order valence-electron chi connectivity index (χ2n) is 13.9. The van der Waals surface area contributed by atoms with Crippen LogP contribution in [0.5, 0.6) is 17.2 Å². The van der Waals surface area contributed by atoms with Crippen molar-refractivity contribution >= 4 is 40.8 Å². The monoisotopic (exact) mass is 811 g/mol. The van der Waals surface area contributed by atoms with Crippen molar-refractivity contribution in [3.8, 4) is 51.4 Å². The lowest BCUT2D eigenvalue weighted by molar-refractivity contribution is 0.388. The summed E-state index contributed by atoms with van der Waals surface area (Å²) in [4.78, 5) is 14.4. The maximum Gasteiger partial charge on any atom is 0.178 e. The molecule has 1 aromatic heterocycles. The number of nitrogens with zero attached hydrogens (tertiary/aromatic N) is 3. The van der Waals surface area contributed by atoms with Gasteiger partial charge in [0.2, 0.25) is 0 Å². The van der Waals surface area contributed by atoms with Gasteiger partial charge in [0, 0.05) is 40.1 Å². The molecule has 7 nitrogen and oxygen atoms in total. The molecule has 10 rings (SSSR count). The van der Waals surface area contributed by atoms with Crippen LogP contribution in [0, 0.1) is 17.5 Å². The van der Waals surface area contributed by atoms with Crippen LogP contribution in [0.3, 0.4) is 0 Å². The van der Waals surface area contributed by atoms with Crippen molar-refractivity contribution in [3.63, 3.8) is 0 Å². The molecule has 0 N–H and O–H groups in total. The molecular formula is C45H27F4N3O4P2. The minimum Gasteiger partial charge on any atom is -0.460 e. The summed E-state index contributed by atoms with van der Waals surface area (Å²) in [5.41, 5.74) is 1.79. The van der Waals surface area contributed by atoms with E-state index < -0.39 is 37.6 Å². The number of aromatic nitrogens is 3. The summed E-state index contributed by atoms with van der Waals surface area (Å²) in [7, 11) is -7.59. The van der Waals surface area contributed by atoms with Gasteiger partial charge in [-0.15, -0.1) is 0 Å². The van der Waals surface area contributed by atoms with E-state index in [1.165, 1.54) is 48.5 Å². The number of halogens is 4. The van der Waals surface area contributed by atoms with Crippen molar-refractivity contribution in [1.29, 1.82) is 0 Å². The van der Waals surface area contributed by atoms with E-state index in [0.29, 0.717) is 38.9 Å². The van der Waals surface area contributed by atoms with Crippen molar-refractivity contribution in [2.24, 2.45) is 0 Å². The van der Waals surface area contributed by atoms with E-state index in [1.807, 2.05) is 30.3 Å². The molecule has 284 valence electrons. The standard InChI is InChI=1S/C45H27F4N3O4P2/c46-29-10-18-35-39(22-29)57(53,40-23-30(47)11-19-36(40)55-35)33-14-6-27(7-15-33)44-50-43(26-4-2-1-3-5-26)51-45(52-44)28-8-16-34(17-9-28)58(54)41-24-31(48)12-20-37(41)56-38-21-13-32(49)25-42(38)58/h1-12,14-20,22-25H,13,21H2. The van der Waals surface area contributed by atoms with Crippen molar-refractivity contribution in [3.05, 3.63) is 174 Å². The molecule has 6 aromatic carbocycles. The third kappa shape index (κ3) is 5.84. The fourth-order valence-electron chi connectivity index (χ4n) is 7.56. The van der Waals surface area contributed by atoms with Crippen molar-refractivity contribution < 1.29 is 36.2 Å². The fourth-order valence-corrected chi connectivity index (χ4v) is 13.4. The Labute approximate surface area is 329 Å². The zero-order valence-electron chi connectivity index (χ0n) is 30.1. The number of hydrogen-bond donors (Lipinski definition) is 0. The molecule has 7 aromatic rings. The second-order valence-corrected chi connectivity index (χ2v) is 19.3. The van der Waals surface area contributed by atoms with Crippen LogP contribution in [0.25, 0.3) is 34.2 Å². The summed E-state index contributed by atoms with van der Waals surface area (Å²) < 4.78 is 101. The van der Waals surface area contributed by atoms with Gasteiger partial charge in [0.1, 0.15) is 46.3 Å². The molecule has 13 heteroatoms. The van der Waals surface area contributed by atoms with Crippen LogP contribution in [0.15, 0.2) is 156 Å². The summed E-state index contributed by atoms with van der Waals surface area (Å²) in [6.45, 7) is 0. The number of allylic oxidation sites excluding steroid dienone is 4. The van der Waals surface area contributed by atoms with E-state index in [0.717, 1.165) is 12.1 Å². The van der Waals surface area contributed by atoms with Crippen molar-refractivity contribution in [2.45, 2.75) is 12.8 Å². The van der Waals surface area contributed by atoms with E-state index in [-0.39, 0.29) is 63.0 Å². The zero-order valence-corrected chi connectivity index (χ0v) is 31.9. The van der Waals surface area contributed by atoms with Gasteiger partial charge in [0.15, 0.2) is 31.8 Å². The van der Waals surface area contributed by atoms with Gasteiger partial charge < -0.3 is 18.6 Å². The molecule has 3 heterocycles. The molecule has 0 amide bonds. The molecule has 0 spiro atoms. The topological polar surface area (TPSA) is 91.3 Å². The van der Waals surface area contributed by atoms with Gasteiger partial charge in [-0.3, -0.25) is 0 Å². The average Bonchev–Trinajstić information content (AvgIpc) is 3.25. The first-order chi connectivity index (χ1) is 28.1. The van der Waals surface area contributed by atoms with E-state index in [9.17, 15) is 17.6 Å². The number of ether oxygens (including phenoxy) is 2. The highest BCUT2D eigenvalue weighted by Gasteiger charge is 2.42. The lowest BCUT2D eigenvalue weighted by Gasteiger charge is -2.32. The van der Waals surface area contributed by atoms with E-state index in [4.69, 9.17) is 24.4 Å². The second kappa shape index (κ2) is 13.6. The van der Waals surface area contributed by atoms with E-state index >= 15 is 9.13 Å². The Morgan fingerprint density at radius 3 is 1.40 bits per heavy atom. The SMILES string of the molecule is O=P1(c2ccc(-c3nc(-c4ccccc4)nc(-c4ccc(P5(=O)c6cc(F)ccc6Oc6ccc(F)cc65)cc4)n3)cc2)C2=C(CCC(F)=C2)Oc2ccc(F)cc21. The Hall–Kier alpha value is -6.41. The Kier molecular flexibility index (Phi) is 8.44. The molecule has 2 aliphatic heterocycles. The highest BCUT2D eigenvalue weighted by atomic mass is 31.2. The number of rotatable bonds is 5. The number of hydrogen-bond acceptors (Lipinski definition) is 7.